The molecule has 3 aromatic rings. The Morgan fingerprint density at radius 3 is 2.16 bits per heavy atom. The molecule has 0 heterocycles. The number of phenolic OH excluding ortho intramolecular Hbond substituents is 2. The smallest absolute Gasteiger partial charge is 0.156 e. The van der Waals surface area contributed by atoms with Crippen molar-refractivity contribution in [3.63, 3.8) is 0 Å². The standard InChI is InChI=1S/C19H13Br2FO3/c20-16-9-14(23)10-17(21)19(16)25-15-5-6-18(24)12(8-15)7-11-1-3-13(22)4-2-11/h1-6,8-10,23-24H,7H2. The van der Waals surface area contributed by atoms with Gasteiger partial charge in [-0.25, -0.2) is 4.39 Å². The third-order valence-corrected chi connectivity index (χ3v) is 4.74. The zero-order valence-electron chi connectivity index (χ0n) is 12.8. The third-order valence-electron chi connectivity index (χ3n) is 3.56. The van der Waals surface area contributed by atoms with E-state index in [-0.39, 0.29) is 17.3 Å². The summed E-state index contributed by atoms with van der Waals surface area (Å²) in [5.74, 6) is 0.986. The Kier molecular flexibility index (Phi) is 5.30. The van der Waals surface area contributed by atoms with E-state index in [4.69, 9.17) is 4.74 Å². The maximum Gasteiger partial charge on any atom is 0.156 e. The Hall–Kier alpha value is -2.05. The topological polar surface area (TPSA) is 49.7 Å². The van der Waals surface area contributed by atoms with Crippen molar-refractivity contribution in [1.82, 2.24) is 0 Å². The summed E-state index contributed by atoms with van der Waals surface area (Å²) in [6.07, 6.45) is 0.446. The van der Waals surface area contributed by atoms with E-state index < -0.39 is 0 Å². The zero-order valence-corrected chi connectivity index (χ0v) is 16.0. The number of rotatable bonds is 4. The molecule has 128 valence electrons. The lowest BCUT2D eigenvalue weighted by molar-refractivity contribution is 0.452. The molecule has 2 N–H and O–H groups in total. The van der Waals surface area contributed by atoms with Gasteiger partial charge in [-0.05, 0) is 79.9 Å². The molecular weight excluding hydrogens is 455 g/mol. The van der Waals surface area contributed by atoms with E-state index in [1.165, 1.54) is 24.3 Å². The van der Waals surface area contributed by atoms with E-state index in [0.717, 1.165) is 5.56 Å². The molecule has 0 radical (unpaired) electrons. The number of hydrogen-bond donors (Lipinski definition) is 2. The molecule has 3 aromatic carbocycles. The number of hydrogen-bond acceptors (Lipinski definition) is 3. The minimum atomic E-state index is -0.299. The molecule has 0 aliphatic rings. The highest BCUT2D eigenvalue weighted by molar-refractivity contribution is 9.11. The van der Waals surface area contributed by atoms with Gasteiger partial charge in [-0.2, -0.15) is 0 Å². The van der Waals surface area contributed by atoms with Crippen LogP contribution in [0.3, 0.4) is 0 Å². The fourth-order valence-corrected chi connectivity index (χ4v) is 3.68. The zero-order chi connectivity index (χ0) is 18.0. The second kappa shape index (κ2) is 7.45. The second-order valence-electron chi connectivity index (χ2n) is 5.43. The van der Waals surface area contributed by atoms with Gasteiger partial charge in [0.05, 0.1) is 8.95 Å². The molecular formula is C19H13Br2FO3. The van der Waals surface area contributed by atoms with Crippen LogP contribution in [-0.4, -0.2) is 10.2 Å². The monoisotopic (exact) mass is 466 g/mol. The summed E-state index contributed by atoms with van der Waals surface area (Å²) in [6, 6.07) is 14.1. The number of benzene rings is 3. The summed E-state index contributed by atoms with van der Waals surface area (Å²) in [4.78, 5) is 0. The van der Waals surface area contributed by atoms with Crippen LogP contribution < -0.4 is 4.74 Å². The van der Waals surface area contributed by atoms with Gasteiger partial charge in [0.1, 0.15) is 23.1 Å². The van der Waals surface area contributed by atoms with E-state index in [0.29, 0.717) is 32.4 Å². The molecule has 0 amide bonds. The van der Waals surface area contributed by atoms with Crippen molar-refractivity contribution in [3.8, 4) is 23.0 Å². The van der Waals surface area contributed by atoms with Crippen LogP contribution in [-0.2, 0) is 6.42 Å². The van der Waals surface area contributed by atoms with Crippen molar-refractivity contribution in [2.75, 3.05) is 0 Å². The van der Waals surface area contributed by atoms with Crippen LogP contribution in [0, 0.1) is 5.82 Å². The lowest BCUT2D eigenvalue weighted by Gasteiger charge is -2.12. The van der Waals surface area contributed by atoms with Crippen molar-refractivity contribution in [2.24, 2.45) is 0 Å². The lowest BCUT2D eigenvalue weighted by Crippen LogP contribution is -1.92. The summed E-state index contributed by atoms with van der Waals surface area (Å²) in [5.41, 5.74) is 1.54. The Morgan fingerprint density at radius 2 is 1.52 bits per heavy atom. The predicted octanol–water partition coefficient (Wildman–Crippen LogP) is 6.15. The molecule has 0 aliphatic heterocycles. The van der Waals surface area contributed by atoms with Gasteiger partial charge < -0.3 is 14.9 Å². The van der Waals surface area contributed by atoms with E-state index in [1.54, 1.807) is 30.3 Å². The normalized spacial score (nSPS) is 10.7. The lowest BCUT2D eigenvalue weighted by atomic mass is 10.0. The van der Waals surface area contributed by atoms with Gasteiger partial charge in [0, 0.05) is 12.0 Å². The van der Waals surface area contributed by atoms with Gasteiger partial charge in [-0.1, -0.05) is 12.1 Å². The summed E-state index contributed by atoms with van der Waals surface area (Å²) in [6.45, 7) is 0. The molecule has 0 bridgehead atoms. The molecule has 0 atom stereocenters. The van der Waals surface area contributed by atoms with Gasteiger partial charge in [-0.3, -0.25) is 0 Å². The van der Waals surface area contributed by atoms with E-state index in [9.17, 15) is 14.6 Å². The largest absolute Gasteiger partial charge is 0.508 e. The maximum atomic E-state index is 13.0. The number of aromatic hydroxyl groups is 2. The first kappa shape index (κ1) is 17.8. The van der Waals surface area contributed by atoms with Crippen molar-refractivity contribution in [3.05, 3.63) is 80.5 Å². The molecule has 3 nitrogen and oxygen atoms in total. The Bertz CT molecular complexity index is 888. The summed E-state index contributed by atoms with van der Waals surface area (Å²) < 4.78 is 20.1. The molecule has 0 fully saturated rings. The Labute approximate surface area is 161 Å². The van der Waals surface area contributed by atoms with Gasteiger partial charge in [0.2, 0.25) is 0 Å². The van der Waals surface area contributed by atoms with Crippen LogP contribution >= 0.6 is 31.9 Å². The fourth-order valence-electron chi connectivity index (χ4n) is 2.35. The average Bonchev–Trinajstić information content (AvgIpc) is 2.56. The van der Waals surface area contributed by atoms with E-state index in [1.807, 2.05) is 0 Å². The van der Waals surface area contributed by atoms with Gasteiger partial charge in [-0.15, -0.1) is 0 Å². The maximum absolute atomic E-state index is 13.0. The highest BCUT2D eigenvalue weighted by atomic mass is 79.9. The van der Waals surface area contributed by atoms with Crippen LogP contribution in [0.15, 0.2) is 63.5 Å². The third kappa shape index (κ3) is 4.32. The molecule has 0 saturated heterocycles. The molecule has 0 aromatic heterocycles. The first-order valence-electron chi connectivity index (χ1n) is 7.34. The molecule has 0 aliphatic carbocycles. The first-order valence-corrected chi connectivity index (χ1v) is 8.93. The van der Waals surface area contributed by atoms with Crippen molar-refractivity contribution in [2.45, 2.75) is 6.42 Å². The Morgan fingerprint density at radius 1 is 0.880 bits per heavy atom. The average molecular weight is 468 g/mol. The first-order chi connectivity index (χ1) is 11.9. The minimum absolute atomic E-state index is 0.105. The van der Waals surface area contributed by atoms with Crippen LogP contribution in [0.2, 0.25) is 0 Å². The quantitative estimate of drug-likeness (QED) is 0.484. The fraction of sp³-hybridized carbons (Fsp3) is 0.0526. The van der Waals surface area contributed by atoms with Crippen molar-refractivity contribution < 1.29 is 19.3 Å². The van der Waals surface area contributed by atoms with Gasteiger partial charge in [0.15, 0.2) is 5.75 Å². The van der Waals surface area contributed by atoms with E-state index >= 15 is 0 Å². The Balaban J connectivity index is 1.88. The molecule has 25 heavy (non-hydrogen) atoms. The van der Waals surface area contributed by atoms with Gasteiger partial charge >= 0.3 is 0 Å². The number of halogens is 3. The molecule has 6 heteroatoms. The molecule has 0 unspecified atom stereocenters. The molecule has 0 saturated carbocycles. The summed E-state index contributed by atoms with van der Waals surface area (Å²) in [5, 5.41) is 19.7. The van der Waals surface area contributed by atoms with Gasteiger partial charge in [0.25, 0.3) is 0 Å². The van der Waals surface area contributed by atoms with Crippen molar-refractivity contribution >= 4 is 31.9 Å². The predicted molar refractivity (Wildman–Crippen MR) is 101 cm³/mol. The molecule has 3 rings (SSSR count). The SMILES string of the molecule is Oc1cc(Br)c(Oc2ccc(O)c(Cc3ccc(F)cc3)c2)c(Br)c1. The summed E-state index contributed by atoms with van der Waals surface area (Å²) >= 11 is 6.70. The van der Waals surface area contributed by atoms with Crippen LogP contribution in [0.1, 0.15) is 11.1 Å². The molecule has 0 spiro atoms. The van der Waals surface area contributed by atoms with Crippen LogP contribution in [0.4, 0.5) is 4.39 Å². The van der Waals surface area contributed by atoms with E-state index in [2.05, 4.69) is 31.9 Å². The highest BCUT2D eigenvalue weighted by Gasteiger charge is 2.12. The highest BCUT2D eigenvalue weighted by Crippen LogP contribution is 2.40. The number of phenols is 2. The minimum Gasteiger partial charge on any atom is -0.508 e. The van der Waals surface area contributed by atoms with Crippen LogP contribution in [0.25, 0.3) is 0 Å². The summed E-state index contributed by atoms with van der Waals surface area (Å²) in [7, 11) is 0. The van der Waals surface area contributed by atoms with Crippen molar-refractivity contribution in [1.29, 1.82) is 0 Å². The number of ether oxygens (including phenoxy) is 1. The second-order valence-corrected chi connectivity index (χ2v) is 7.14. The van der Waals surface area contributed by atoms with Crippen LogP contribution in [0.5, 0.6) is 23.0 Å².